The summed E-state index contributed by atoms with van der Waals surface area (Å²) in [4.78, 5) is 30.5. The van der Waals surface area contributed by atoms with E-state index in [1.165, 1.54) is 23.5 Å². The summed E-state index contributed by atoms with van der Waals surface area (Å²) in [5.41, 5.74) is 0. The fourth-order valence-corrected chi connectivity index (χ4v) is 2.52. The number of aliphatic imine (C=N–C) groups is 2. The fraction of sp³-hybridized carbons (Fsp3) is 0.500. The number of carbonyl (C=O) groups excluding carboxylic acids is 2. The van der Waals surface area contributed by atoms with E-state index in [2.05, 4.69) is 14.7 Å². The molecule has 0 aromatic heterocycles. The van der Waals surface area contributed by atoms with Gasteiger partial charge in [0.2, 0.25) is 0 Å². The van der Waals surface area contributed by atoms with Gasteiger partial charge in [0, 0.05) is 24.6 Å². The average molecular weight is 244 g/mol. The van der Waals surface area contributed by atoms with Crippen molar-refractivity contribution in [2.24, 2.45) is 9.98 Å². The van der Waals surface area contributed by atoms with Crippen molar-refractivity contribution in [2.45, 2.75) is 0 Å². The van der Waals surface area contributed by atoms with Gasteiger partial charge in [0.1, 0.15) is 0 Å². The molecule has 0 amide bonds. The molecule has 0 fully saturated rings. The van der Waals surface area contributed by atoms with E-state index >= 15 is 0 Å². The zero-order valence-corrected chi connectivity index (χ0v) is 9.40. The second kappa shape index (κ2) is 4.80. The van der Waals surface area contributed by atoms with Crippen LogP contribution in [-0.2, 0) is 14.3 Å². The van der Waals surface area contributed by atoms with Crippen LogP contribution >= 0.6 is 23.5 Å². The molecule has 2 aliphatic rings. The minimum Gasteiger partial charge on any atom is -0.383 e. The molecular weight excluding hydrogens is 236 g/mol. The van der Waals surface area contributed by atoms with Crippen molar-refractivity contribution >= 4 is 45.5 Å². The van der Waals surface area contributed by atoms with E-state index in [9.17, 15) is 9.59 Å². The highest BCUT2D eigenvalue weighted by Crippen LogP contribution is 2.15. The zero-order valence-electron chi connectivity index (χ0n) is 7.76. The van der Waals surface area contributed by atoms with E-state index in [0.717, 1.165) is 11.5 Å². The molecule has 0 saturated carbocycles. The van der Waals surface area contributed by atoms with Gasteiger partial charge < -0.3 is 4.74 Å². The molecule has 80 valence electrons. The van der Waals surface area contributed by atoms with Crippen LogP contribution in [0, 0.1) is 0 Å². The summed E-state index contributed by atoms with van der Waals surface area (Å²) in [6.45, 7) is 1.22. The standard InChI is InChI=1S/C8H8N2O3S2/c11-7(5-9-1-3-14-5)13-8(12)6-10-2-4-15-6/h1-4H2. The third-order valence-corrected chi connectivity index (χ3v) is 3.62. The Balaban J connectivity index is 1.91. The Kier molecular flexibility index (Phi) is 3.42. The van der Waals surface area contributed by atoms with Crippen molar-refractivity contribution in [3.8, 4) is 0 Å². The molecule has 0 atom stereocenters. The highest BCUT2D eigenvalue weighted by molar-refractivity contribution is 8.16. The van der Waals surface area contributed by atoms with Crippen molar-refractivity contribution in [1.82, 2.24) is 0 Å². The zero-order chi connectivity index (χ0) is 10.7. The van der Waals surface area contributed by atoms with Gasteiger partial charge in [0.25, 0.3) is 0 Å². The van der Waals surface area contributed by atoms with Crippen LogP contribution in [0.4, 0.5) is 0 Å². The van der Waals surface area contributed by atoms with Gasteiger partial charge >= 0.3 is 11.9 Å². The van der Waals surface area contributed by atoms with Crippen LogP contribution in [0.2, 0.25) is 0 Å². The first-order valence-corrected chi connectivity index (χ1v) is 6.35. The normalized spacial score (nSPS) is 19.7. The molecule has 2 rings (SSSR count). The summed E-state index contributed by atoms with van der Waals surface area (Å²) in [5.74, 6) is 0.234. The number of hydrogen-bond acceptors (Lipinski definition) is 7. The van der Waals surface area contributed by atoms with Crippen LogP contribution in [-0.4, -0.2) is 46.6 Å². The lowest BCUT2D eigenvalue weighted by Crippen LogP contribution is -2.22. The molecule has 2 aliphatic heterocycles. The van der Waals surface area contributed by atoms with E-state index in [-0.39, 0.29) is 10.1 Å². The van der Waals surface area contributed by atoms with E-state index in [1.807, 2.05) is 0 Å². The number of hydrogen-bond donors (Lipinski definition) is 0. The minimum absolute atomic E-state index is 0.284. The monoisotopic (exact) mass is 244 g/mol. The van der Waals surface area contributed by atoms with Crippen LogP contribution in [0.25, 0.3) is 0 Å². The lowest BCUT2D eigenvalue weighted by atomic mass is 10.6. The maximum atomic E-state index is 11.4. The Labute approximate surface area is 94.8 Å². The smallest absolute Gasteiger partial charge is 0.371 e. The van der Waals surface area contributed by atoms with E-state index in [1.54, 1.807) is 0 Å². The molecule has 0 radical (unpaired) electrons. The second-order valence-corrected chi connectivity index (χ2v) is 4.91. The summed E-state index contributed by atoms with van der Waals surface area (Å²) in [5, 5.41) is 0.568. The van der Waals surface area contributed by atoms with Crippen molar-refractivity contribution in [3.63, 3.8) is 0 Å². The number of rotatable bonds is 2. The molecule has 5 nitrogen and oxygen atoms in total. The quantitative estimate of drug-likeness (QED) is 0.518. The first-order chi connectivity index (χ1) is 7.27. The lowest BCUT2D eigenvalue weighted by molar-refractivity contribution is -0.149. The van der Waals surface area contributed by atoms with Gasteiger partial charge in [-0.2, -0.15) is 0 Å². The first kappa shape index (κ1) is 10.7. The van der Waals surface area contributed by atoms with Gasteiger partial charge in [-0.3, -0.25) is 9.98 Å². The fourth-order valence-electron chi connectivity index (χ4n) is 1.09. The molecule has 0 aliphatic carbocycles. The topological polar surface area (TPSA) is 68.1 Å². The number of ether oxygens (including phenoxy) is 1. The van der Waals surface area contributed by atoms with Gasteiger partial charge in [-0.15, -0.1) is 0 Å². The minimum atomic E-state index is -0.655. The van der Waals surface area contributed by atoms with E-state index in [4.69, 9.17) is 0 Å². The molecule has 0 unspecified atom stereocenters. The maximum absolute atomic E-state index is 11.4. The Hall–Kier alpha value is -0.820. The number of esters is 2. The molecule has 2 heterocycles. The molecule has 7 heteroatoms. The van der Waals surface area contributed by atoms with Crippen LogP contribution in [0.5, 0.6) is 0 Å². The molecule has 0 saturated heterocycles. The van der Waals surface area contributed by atoms with Gasteiger partial charge in [0.05, 0.1) is 0 Å². The summed E-state index contributed by atoms with van der Waals surface area (Å²) < 4.78 is 4.64. The molecular formula is C8H8N2O3S2. The van der Waals surface area contributed by atoms with Gasteiger partial charge in [-0.1, -0.05) is 23.5 Å². The number of thioether (sulfide) groups is 2. The Bertz CT molecular complexity index is 331. The van der Waals surface area contributed by atoms with Crippen LogP contribution < -0.4 is 0 Å². The molecule has 15 heavy (non-hydrogen) atoms. The van der Waals surface area contributed by atoms with Gasteiger partial charge in [-0.25, -0.2) is 9.59 Å². The molecule has 0 aromatic carbocycles. The lowest BCUT2D eigenvalue weighted by Gasteiger charge is -2.00. The third kappa shape index (κ3) is 2.60. The number of carbonyl (C=O) groups is 2. The van der Waals surface area contributed by atoms with E-state index < -0.39 is 11.9 Å². The highest BCUT2D eigenvalue weighted by Gasteiger charge is 2.25. The summed E-state index contributed by atoms with van der Waals surface area (Å²) in [6, 6.07) is 0. The SMILES string of the molecule is O=C(OC(=O)C1=NCCS1)C1=NCCS1. The van der Waals surface area contributed by atoms with E-state index in [0.29, 0.717) is 13.1 Å². The Morgan fingerprint density at radius 3 is 1.80 bits per heavy atom. The molecule has 0 aromatic rings. The Morgan fingerprint density at radius 2 is 1.47 bits per heavy atom. The molecule has 0 N–H and O–H groups in total. The Morgan fingerprint density at radius 1 is 1.00 bits per heavy atom. The first-order valence-electron chi connectivity index (χ1n) is 4.38. The average Bonchev–Trinajstić information content (AvgIpc) is 2.91. The van der Waals surface area contributed by atoms with Crippen LogP contribution in [0.15, 0.2) is 9.98 Å². The van der Waals surface area contributed by atoms with Crippen molar-refractivity contribution < 1.29 is 14.3 Å². The van der Waals surface area contributed by atoms with Crippen LogP contribution in [0.3, 0.4) is 0 Å². The summed E-state index contributed by atoms with van der Waals surface area (Å²) in [7, 11) is 0. The number of nitrogens with zero attached hydrogens (tertiary/aromatic N) is 2. The molecule has 0 spiro atoms. The van der Waals surface area contributed by atoms with Gasteiger partial charge in [-0.05, 0) is 0 Å². The third-order valence-electron chi connectivity index (χ3n) is 1.71. The summed E-state index contributed by atoms with van der Waals surface area (Å²) >= 11 is 2.62. The van der Waals surface area contributed by atoms with Crippen molar-refractivity contribution in [1.29, 1.82) is 0 Å². The largest absolute Gasteiger partial charge is 0.383 e. The molecule has 0 bridgehead atoms. The predicted octanol–water partition coefficient (Wildman–Crippen LogP) is 0.347. The van der Waals surface area contributed by atoms with Gasteiger partial charge in [0.15, 0.2) is 10.1 Å². The summed E-state index contributed by atoms with van der Waals surface area (Å²) in [6.07, 6.45) is 0. The van der Waals surface area contributed by atoms with Crippen molar-refractivity contribution in [3.05, 3.63) is 0 Å². The van der Waals surface area contributed by atoms with Crippen molar-refractivity contribution in [2.75, 3.05) is 24.6 Å². The second-order valence-electron chi connectivity index (χ2n) is 2.75. The highest BCUT2D eigenvalue weighted by atomic mass is 32.2. The maximum Gasteiger partial charge on any atom is 0.371 e. The predicted molar refractivity (Wildman–Crippen MR) is 60.6 cm³/mol. The van der Waals surface area contributed by atoms with Crippen LogP contribution in [0.1, 0.15) is 0 Å².